The standard InChI is InChI=1S/C12H13F5N2/c1-10(2,3)19-9-7(8(18-19)12(15,16)17)5-4-6(5)11(9,13)14/h5-6H,4H2,1-3H3/t5?,6-/m1/s1. The van der Waals surface area contributed by atoms with Gasteiger partial charge in [-0.15, -0.1) is 0 Å². The summed E-state index contributed by atoms with van der Waals surface area (Å²) in [6.07, 6.45) is -4.56. The molecule has 1 aromatic rings. The van der Waals surface area contributed by atoms with Gasteiger partial charge in [-0.25, -0.2) is 0 Å². The summed E-state index contributed by atoms with van der Waals surface area (Å²) >= 11 is 0. The topological polar surface area (TPSA) is 17.8 Å². The molecule has 106 valence electrons. The van der Waals surface area contributed by atoms with E-state index >= 15 is 0 Å². The molecule has 0 saturated heterocycles. The van der Waals surface area contributed by atoms with Crippen molar-refractivity contribution in [3.8, 4) is 0 Å². The second kappa shape index (κ2) is 3.12. The molecule has 0 N–H and O–H groups in total. The number of fused-ring (bicyclic) bond motifs is 3. The smallest absolute Gasteiger partial charge is 0.257 e. The van der Waals surface area contributed by atoms with E-state index in [9.17, 15) is 22.0 Å². The molecule has 0 spiro atoms. The number of halogens is 5. The van der Waals surface area contributed by atoms with Gasteiger partial charge >= 0.3 is 6.18 Å². The quantitative estimate of drug-likeness (QED) is 0.660. The van der Waals surface area contributed by atoms with Gasteiger partial charge in [-0.1, -0.05) is 0 Å². The third-order valence-corrected chi connectivity index (χ3v) is 3.77. The summed E-state index contributed by atoms with van der Waals surface area (Å²) in [5.74, 6) is -4.86. The molecule has 0 amide bonds. The first-order valence-electron chi connectivity index (χ1n) is 6.04. The van der Waals surface area contributed by atoms with Gasteiger partial charge < -0.3 is 0 Å². The van der Waals surface area contributed by atoms with Crippen molar-refractivity contribution in [2.45, 2.75) is 50.7 Å². The van der Waals surface area contributed by atoms with Crippen LogP contribution in [0.5, 0.6) is 0 Å². The Bertz CT molecular complexity index is 550. The Morgan fingerprint density at radius 2 is 1.79 bits per heavy atom. The Morgan fingerprint density at radius 1 is 1.21 bits per heavy atom. The van der Waals surface area contributed by atoms with Gasteiger partial charge in [0.25, 0.3) is 5.92 Å². The second-order valence-electron chi connectivity index (χ2n) is 6.26. The van der Waals surface area contributed by atoms with Crippen LogP contribution in [-0.2, 0) is 17.6 Å². The van der Waals surface area contributed by atoms with E-state index in [1.807, 2.05) is 0 Å². The Morgan fingerprint density at radius 3 is 2.26 bits per heavy atom. The molecule has 2 aliphatic rings. The van der Waals surface area contributed by atoms with Crippen LogP contribution in [0.3, 0.4) is 0 Å². The summed E-state index contributed by atoms with van der Waals surface area (Å²) in [6, 6.07) is 0. The van der Waals surface area contributed by atoms with E-state index in [0.717, 1.165) is 4.68 Å². The lowest BCUT2D eigenvalue weighted by molar-refractivity contribution is -0.142. The highest BCUT2D eigenvalue weighted by Crippen LogP contribution is 2.68. The molecule has 0 bridgehead atoms. The Balaban J connectivity index is 2.29. The summed E-state index contributed by atoms with van der Waals surface area (Å²) in [6.45, 7) is 4.71. The molecule has 1 fully saturated rings. The molecule has 0 aliphatic heterocycles. The molecule has 1 aromatic heterocycles. The van der Waals surface area contributed by atoms with Crippen molar-refractivity contribution >= 4 is 0 Å². The number of rotatable bonds is 0. The summed E-state index contributed by atoms with van der Waals surface area (Å²) in [5, 5.41) is 3.46. The predicted molar refractivity (Wildman–Crippen MR) is 57.0 cm³/mol. The van der Waals surface area contributed by atoms with Crippen LogP contribution in [0.2, 0.25) is 0 Å². The molecule has 1 unspecified atom stereocenters. The average Bonchev–Trinajstić information content (AvgIpc) is 2.80. The summed E-state index contributed by atoms with van der Waals surface area (Å²) < 4.78 is 68.0. The van der Waals surface area contributed by atoms with E-state index in [-0.39, 0.29) is 12.0 Å². The molecule has 19 heavy (non-hydrogen) atoms. The largest absolute Gasteiger partial charge is 0.435 e. The highest BCUT2D eigenvalue weighted by atomic mass is 19.4. The normalized spacial score (nSPS) is 28.2. The van der Waals surface area contributed by atoms with Crippen molar-refractivity contribution in [1.82, 2.24) is 9.78 Å². The van der Waals surface area contributed by atoms with Crippen LogP contribution >= 0.6 is 0 Å². The Labute approximate surface area is 106 Å². The minimum Gasteiger partial charge on any atom is -0.257 e. The van der Waals surface area contributed by atoms with Gasteiger partial charge in [-0.05, 0) is 33.1 Å². The fraction of sp³-hybridized carbons (Fsp3) is 0.750. The third-order valence-electron chi connectivity index (χ3n) is 3.77. The fourth-order valence-electron chi connectivity index (χ4n) is 2.89. The van der Waals surface area contributed by atoms with Crippen LogP contribution in [0.25, 0.3) is 0 Å². The van der Waals surface area contributed by atoms with Gasteiger partial charge in [-0.2, -0.15) is 27.1 Å². The van der Waals surface area contributed by atoms with E-state index in [4.69, 9.17) is 0 Å². The summed E-state index contributed by atoms with van der Waals surface area (Å²) in [5.41, 5.74) is -2.86. The van der Waals surface area contributed by atoms with Crippen molar-refractivity contribution in [2.75, 3.05) is 0 Å². The van der Waals surface area contributed by atoms with Crippen LogP contribution in [0.4, 0.5) is 22.0 Å². The molecule has 0 radical (unpaired) electrons. The van der Waals surface area contributed by atoms with Gasteiger partial charge in [0.15, 0.2) is 5.69 Å². The van der Waals surface area contributed by atoms with Gasteiger partial charge in [0.1, 0.15) is 5.69 Å². The zero-order chi connectivity index (χ0) is 14.4. The number of alkyl halides is 5. The van der Waals surface area contributed by atoms with Crippen molar-refractivity contribution in [1.29, 1.82) is 0 Å². The fourth-order valence-corrected chi connectivity index (χ4v) is 2.89. The maximum Gasteiger partial charge on any atom is 0.435 e. The minimum absolute atomic E-state index is 0.124. The molecule has 0 aromatic carbocycles. The summed E-state index contributed by atoms with van der Waals surface area (Å²) in [7, 11) is 0. The monoisotopic (exact) mass is 280 g/mol. The Hall–Kier alpha value is -1.14. The van der Waals surface area contributed by atoms with Crippen LogP contribution in [0, 0.1) is 5.92 Å². The molecule has 7 heteroatoms. The first-order chi connectivity index (χ1) is 8.45. The molecular weight excluding hydrogens is 267 g/mol. The first-order valence-corrected chi connectivity index (χ1v) is 6.04. The number of aromatic nitrogens is 2. The zero-order valence-electron chi connectivity index (χ0n) is 10.6. The minimum atomic E-state index is -4.69. The molecular formula is C12H13F5N2. The Kier molecular flexibility index (Phi) is 2.11. The highest BCUT2D eigenvalue weighted by molar-refractivity contribution is 5.47. The average molecular weight is 280 g/mol. The van der Waals surface area contributed by atoms with Crippen molar-refractivity contribution in [3.63, 3.8) is 0 Å². The lowest BCUT2D eigenvalue weighted by atomic mass is 10.1. The third kappa shape index (κ3) is 1.56. The van der Waals surface area contributed by atoms with Crippen LogP contribution in [0.15, 0.2) is 0 Å². The molecule has 1 saturated carbocycles. The van der Waals surface area contributed by atoms with E-state index in [1.54, 1.807) is 20.8 Å². The molecule has 3 rings (SSSR count). The van der Waals surface area contributed by atoms with E-state index in [2.05, 4.69) is 5.10 Å². The van der Waals surface area contributed by atoms with Gasteiger partial charge in [0.2, 0.25) is 0 Å². The summed E-state index contributed by atoms with van der Waals surface area (Å²) in [4.78, 5) is 0. The molecule has 1 heterocycles. The van der Waals surface area contributed by atoms with E-state index < -0.39 is 40.9 Å². The zero-order valence-corrected chi connectivity index (χ0v) is 10.6. The van der Waals surface area contributed by atoms with Crippen LogP contribution in [-0.4, -0.2) is 9.78 Å². The van der Waals surface area contributed by atoms with E-state index in [1.165, 1.54) is 0 Å². The second-order valence-corrected chi connectivity index (χ2v) is 6.26. The number of hydrogen-bond donors (Lipinski definition) is 0. The van der Waals surface area contributed by atoms with Gasteiger partial charge in [0.05, 0.1) is 5.54 Å². The van der Waals surface area contributed by atoms with Crippen molar-refractivity contribution in [3.05, 3.63) is 17.0 Å². The van der Waals surface area contributed by atoms with Crippen LogP contribution in [0.1, 0.15) is 50.1 Å². The number of hydrogen-bond acceptors (Lipinski definition) is 1. The number of nitrogens with zero attached hydrogens (tertiary/aromatic N) is 2. The predicted octanol–water partition coefficient (Wildman–Crippen LogP) is 3.87. The maximum absolute atomic E-state index is 14.1. The molecule has 2 atom stereocenters. The molecule has 2 nitrogen and oxygen atoms in total. The SMILES string of the molecule is CC(C)(C)n1nc(C(F)(F)F)c2c1C(F)(F)[C@@H]1CC21. The lowest BCUT2D eigenvalue weighted by Crippen LogP contribution is -2.30. The molecule has 2 aliphatic carbocycles. The van der Waals surface area contributed by atoms with Crippen molar-refractivity contribution < 1.29 is 22.0 Å². The highest BCUT2D eigenvalue weighted by Gasteiger charge is 2.68. The lowest BCUT2D eigenvalue weighted by Gasteiger charge is -2.25. The van der Waals surface area contributed by atoms with Crippen molar-refractivity contribution in [2.24, 2.45) is 5.92 Å². The maximum atomic E-state index is 14.1. The first kappa shape index (κ1) is 12.9. The van der Waals surface area contributed by atoms with Gasteiger partial charge in [0, 0.05) is 11.5 Å². The van der Waals surface area contributed by atoms with E-state index in [0.29, 0.717) is 0 Å². The van der Waals surface area contributed by atoms with Crippen LogP contribution < -0.4 is 0 Å². The van der Waals surface area contributed by atoms with Gasteiger partial charge in [-0.3, -0.25) is 4.68 Å².